The van der Waals surface area contributed by atoms with Crippen LogP contribution in [-0.2, 0) is 5.75 Å². The molecule has 3 aromatic rings. The third-order valence-corrected chi connectivity index (χ3v) is 6.66. The number of fused-ring (bicyclic) bond motifs is 1. The highest BCUT2D eigenvalue weighted by atomic mass is 32.2. The normalized spacial score (nSPS) is 15.3. The van der Waals surface area contributed by atoms with Crippen molar-refractivity contribution in [2.45, 2.75) is 10.6 Å². The van der Waals surface area contributed by atoms with Gasteiger partial charge in [-0.1, -0.05) is 30.3 Å². The van der Waals surface area contributed by atoms with Crippen molar-refractivity contribution >= 4 is 34.5 Å². The number of nitrogens with zero attached hydrogens (tertiary/aromatic N) is 4. The molecule has 2 aliphatic rings. The average molecular weight is 415 g/mol. The fourth-order valence-corrected chi connectivity index (χ4v) is 4.92. The quantitative estimate of drug-likeness (QED) is 0.495. The second-order valence-electron chi connectivity index (χ2n) is 7.88. The van der Waals surface area contributed by atoms with Crippen LogP contribution in [0.15, 0.2) is 90.1 Å². The summed E-state index contributed by atoms with van der Waals surface area (Å²) in [6, 6.07) is 26.4. The van der Waals surface area contributed by atoms with Crippen LogP contribution in [0.1, 0.15) is 5.56 Å². The molecule has 5 rings (SSSR count). The van der Waals surface area contributed by atoms with Crippen molar-refractivity contribution in [3.05, 3.63) is 90.8 Å². The molecule has 0 saturated heterocycles. The van der Waals surface area contributed by atoms with Crippen LogP contribution in [0.25, 0.3) is 0 Å². The molecule has 0 fully saturated rings. The monoisotopic (exact) mass is 414 g/mol. The van der Waals surface area contributed by atoms with E-state index >= 15 is 0 Å². The van der Waals surface area contributed by atoms with E-state index in [1.54, 1.807) is 0 Å². The van der Waals surface area contributed by atoms with Crippen molar-refractivity contribution in [2.24, 2.45) is 0 Å². The van der Waals surface area contributed by atoms with E-state index in [2.05, 4.69) is 119 Å². The van der Waals surface area contributed by atoms with Crippen molar-refractivity contribution < 1.29 is 0 Å². The molecule has 0 aromatic heterocycles. The van der Waals surface area contributed by atoms with Crippen LogP contribution in [0, 0.1) is 0 Å². The Hall–Kier alpha value is -3.05. The Bertz CT molecular complexity index is 1080. The van der Waals surface area contributed by atoms with E-state index in [1.165, 1.54) is 33.2 Å². The minimum Gasteiger partial charge on any atom is -0.361 e. The molecule has 152 valence electrons. The number of hydrogen-bond acceptors (Lipinski definition) is 5. The number of hydrogen-bond donors (Lipinski definition) is 0. The molecular weight excluding hydrogens is 388 g/mol. The zero-order valence-corrected chi connectivity index (χ0v) is 18.2. The third-order valence-electron chi connectivity index (χ3n) is 5.59. The lowest BCUT2D eigenvalue weighted by Gasteiger charge is -2.20. The lowest BCUT2D eigenvalue weighted by Crippen LogP contribution is -2.23. The van der Waals surface area contributed by atoms with E-state index in [9.17, 15) is 0 Å². The van der Waals surface area contributed by atoms with E-state index in [4.69, 9.17) is 0 Å². The molecule has 0 unspecified atom stereocenters. The fourth-order valence-electron chi connectivity index (χ4n) is 4.03. The van der Waals surface area contributed by atoms with Gasteiger partial charge in [-0.2, -0.15) is 0 Å². The molecule has 0 amide bonds. The largest absolute Gasteiger partial charge is 0.361 e. The molecular formula is C25H26N4S. The maximum Gasteiger partial charge on any atom is 0.0950 e. The topological polar surface area (TPSA) is 13.0 Å². The summed E-state index contributed by atoms with van der Waals surface area (Å²) in [5.41, 5.74) is 6.41. The van der Waals surface area contributed by atoms with Crippen LogP contribution >= 0.6 is 11.8 Å². The summed E-state index contributed by atoms with van der Waals surface area (Å²) in [6.07, 6.45) is 4.25. The third kappa shape index (κ3) is 3.73. The zero-order chi connectivity index (χ0) is 20.5. The van der Waals surface area contributed by atoms with Crippen LogP contribution in [0.5, 0.6) is 0 Å². The van der Waals surface area contributed by atoms with Gasteiger partial charge in [0.15, 0.2) is 0 Å². The van der Waals surface area contributed by atoms with E-state index in [-0.39, 0.29) is 0 Å². The summed E-state index contributed by atoms with van der Waals surface area (Å²) in [5.74, 6) is 0.957. The summed E-state index contributed by atoms with van der Waals surface area (Å²) in [7, 11) is 4.25. The molecule has 5 heteroatoms. The predicted molar refractivity (Wildman–Crippen MR) is 129 cm³/mol. The Kier molecular flexibility index (Phi) is 5.05. The van der Waals surface area contributed by atoms with Gasteiger partial charge in [0, 0.05) is 48.5 Å². The van der Waals surface area contributed by atoms with Crippen molar-refractivity contribution in [1.82, 2.24) is 4.90 Å². The number of rotatable bonds is 5. The molecule has 30 heavy (non-hydrogen) atoms. The van der Waals surface area contributed by atoms with Gasteiger partial charge in [0.05, 0.1) is 24.7 Å². The number of para-hydroxylation sites is 2. The molecule has 0 radical (unpaired) electrons. The van der Waals surface area contributed by atoms with Crippen LogP contribution in [0.2, 0.25) is 0 Å². The Morgan fingerprint density at radius 1 is 0.767 bits per heavy atom. The van der Waals surface area contributed by atoms with E-state index in [0.29, 0.717) is 0 Å². The Morgan fingerprint density at radius 3 is 2.40 bits per heavy atom. The summed E-state index contributed by atoms with van der Waals surface area (Å²) in [5, 5.41) is 0. The van der Waals surface area contributed by atoms with Crippen molar-refractivity contribution in [3.8, 4) is 0 Å². The predicted octanol–water partition coefficient (Wildman–Crippen LogP) is 5.70. The number of benzene rings is 3. The molecule has 2 heterocycles. The van der Waals surface area contributed by atoms with Gasteiger partial charge in [-0.15, -0.1) is 11.8 Å². The second-order valence-corrected chi connectivity index (χ2v) is 8.93. The van der Waals surface area contributed by atoms with Crippen LogP contribution in [0.3, 0.4) is 0 Å². The Balaban J connectivity index is 1.30. The van der Waals surface area contributed by atoms with Gasteiger partial charge in [0.1, 0.15) is 0 Å². The van der Waals surface area contributed by atoms with E-state index in [0.717, 1.165) is 19.1 Å². The van der Waals surface area contributed by atoms with Gasteiger partial charge < -0.3 is 19.6 Å². The van der Waals surface area contributed by atoms with Crippen LogP contribution < -0.4 is 14.7 Å². The first-order valence-electron chi connectivity index (χ1n) is 10.2. The summed E-state index contributed by atoms with van der Waals surface area (Å²) in [4.78, 5) is 10.4. The van der Waals surface area contributed by atoms with Crippen molar-refractivity contribution in [3.63, 3.8) is 0 Å². The molecule has 0 N–H and O–H groups in total. The molecule has 3 aromatic carbocycles. The first-order valence-corrected chi connectivity index (χ1v) is 11.2. The SMILES string of the molecule is CN1C=CN(c2cccc(SCc3cccc(N4CN(C)c5ccccc54)c3)c2)C1. The Labute approximate surface area is 183 Å². The zero-order valence-electron chi connectivity index (χ0n) is 17.4. The highest BCUT2D eigenvalue weighted by Gasteiger charge is 2.23. The van der Waals surface area contributed by atoms with Gasteiger partial charge in [-0.05, 0) is 48.0 Å². The molecule has 4 nitrogen and oxygen atoms in total. The number of thioether (sulfide) groups is 1. The average Bonchev–Trinajstić information content (AvgIpc) is 3.36. The summed E-state index contributed by atoms with van der Waals surface area (Å²) >= 11 is 1.89. The minimum absolute atomic E-state index is 0.885. The maximum absolute atomic E-state index is 2.39. The summed E-state index contributed by atoms with van der Waals surface area (Å²) < 4.78 is 0. The molecule has 0 spiro atoms. The number of anilines is 4. The second kappa shape index (κ2) is 8.00. The lowest BCUT2D eigenvalue weighted by molar-refractivity contribution is 0.495. The van der Waals surface area contributed by atoms with Gasteiger partial charge >= 0.3 is 0 Å². The first-order chi connectivity index (χ1) is 14.7. The molecule has 2 aliphatic heterocycles. The van der Waals surface area contributed by atoms with Gasteiger partial charge in [-0.25, -0.2) is 0 Å². The molecule has 0 aliphatic carbocycles. The molecule has 0 bridgehead atoms. The Morgan fingerprint density at radius 2 is 1.57 bits per heavy atom. The first kappa shape index (κ1) is 18.9. The standard InChI is InChI=1S/C25H26N4S/c1-26-13-14-28(18-26)21-8-6-10-23(16-21)30-17-20-7-5-9-22(15-20)29-19-27(2)24-11-3-4-12-25(24)29/h3-16H,17-19H2,1-2H3. The minimum atomic E-state index is 0.885. The smallest absolute Gasteiger partial charge is 0.0950 e. The van der Waals surface area contributed by atoms with Gasteiger partial charge in [0.25, 0.3) is 0 Å². The van der Waals surface area contributed by atoms with Crippen LogP contribution in [-0.4, -0.2) is 32.3 Å². The van der Waals surface area contributed by atoms with E-state index < -0.39 is 0 Å². The van der Waals surface area contributed by atoms with Gasteiger partial charge in [-0.3, -0.25) is 0 Å². The fraction of sp³-hybridized carbons (Fsp3) is 0.200. The van der Waals surface area contributed by atoms with Crippen LogP contribution in [0.4, 0.5) is 22.7 Å². The lowest BCUT2D eigenvalue weighted by atomic mass is 10.2. The summed E-state index contributed by atoms with van der Waals surface area (Å²) in [6.45, 7) is 1.79. The molecule has 0 saturated carbocycles. The van der Waals surface area contributed by atoms with E-state index in [1.807, 2.05) is 11.8 Å². The molecule has 0 atom stereocenters. The van der Waals surface area contributed by atoms with Crippen molar-refractivity contribution in [1.29, 1.82) is 0 Å². The van der Waals surface area contributed by atoms with Gasteiger partial charge in [0.2, 0.25) is 0 Å². The van der Waals surface area contributed by atoms with Crippen molar-refractivity contribution in [2.75, 3.05) is 42.1 Å². The highest BCUT2D eigenvalue weighted by Crippen LogP contribution is 2.40. The highest BCUT2D eigenvalue weighted by molar-refractivity contribution is 7.98. The maximum atomic E-state index is 2.39.